The number of carboxylic acid groups (broad SMARTS) is 1. The topological polar surface area (TPSA) is 79.5 Å². The number of hydrogen-bond donors (Lipinski definition) is 2. The van der Waals surface area contributed by atoms with E-state index in [1.54, 1.807) is 6.07 Å². The van der Waals surface area contributed by atoms with Crippen molar-refractivity contribution in [3.8, 4) is 0 Å². The van der Waals surface area contributed by atoms with Gasteiger partial charge in [-0.25, -0.2) is 0 Å². The molecule has 1 unspecified atom stereocenters. The molecule has 1 atom stereocenters. The Morgan fingerprint density at radius 1 is 1.56 bits per heavy atom. The van der Waals surface area contributed by atoms with E-state index in [-0.39, 0.29) is 0 Å². The number of aryl methyl sites for hydroxylation is 1. The van der Waals surface area contributed by atoms with Crippen LogP contribution >= 0.6 is 0 Å². The quantitative estimate of drug-likeness (QED) is 0.794. The third kappa shape index (κ3) is 2.85. The molecule has 1 amide bonds. The Hall–Kier alpha value is -1.78. The molecule has 0 fully saturated rings. The van der Waals surface area contributed by atoms with Crippen molar-refractivity contribution >= 4 is 11.9 Å². The molecule has 0 aliphatic carbocycles. The summed E-state index contributed by atoms with van der Waals surface area (Å²) in [6.45, 7) is 3.39. The molecule has 0 aliphatic rings. The molecule has 0 radical (unpaired) electrons. The summed E-state index contributed by atoms with van der Waals surface area (Å²) in [4.78, 5) is 22.3. The van der Waals surface area contributed by atoms with E-state index in [0.29, 0.717) is 17.7 Å². The van der Waals surface area contributed by atoms with E-state index >= 15 is 0 Å². The van der Waals surface area contributed by atoms with Crippen LogP contribution in [0, 0.1) is 0 Å². The molecular formula is C11H15NO4. The van der Waals surface area contributed by atoms with Gasteiger partial charge in [0, 0.05) is 6.42 Å². The maximum atomic E-state index is 11.7. The number of hydrogen-bond acceptors (Lipinski definition) is 3. The highest BCUT2D eigenvalue weighted by Gasteiger charge is 2.18. The minimum Gasteiger partial charge on any atom is -0.480 e. The van der Waals surface area contributed by atoms with Gasteiger partial charge in [0.25, 0.3) is 5.91 Å². The monoisotopic (exact) mass is 225 g/mol. The molecule has 5 heteroatoms. The van der Waals surface area contributed by atoms with Crippen LogP contribution in [0.1, 0.15) is 36.4 Å². The molecule has 0 saturated heterocycles. The molecule has 88 valence electrons. The molecule has 2 N–H and O–H groups in total. The molecule has 1 aromatic heterocycles. The molecule has 0 spiro atoms. The summed E-state index contributed by atoms with van der Waals surface area (Å²) in [5.41, 5.74) is 0.412. The largest absolute Gasteiger partial charge is 0.480 e. The predicted molar refractivity (Wildman–Crippen MR) is 57.3 cm³/mol. The fourth-order valence-electron chi connectivity index (χ4n) is 1.30. The van der Waals surface area contributed by atoms with E-state index < -0.39 is 17.9 Å². The molecule has 1 rings (SSSR count). The van der Waals surface area contributed by atoms with Gasteiger partial charge >= 0.3 is 5.97 Å². The Bertz CT molecular complexity index is 383. The minimum atomic E-state index is -1.06. The van der Waals surface area contributed by atoms with Crippen molar-refractivity contribution in [3.05, 3.63) is 23.7 Å². The Kier molecular flexibility index (Phi) is 4.10. The number of carbonyl (C=O) groups excluding carboxylic acids is 1. The second-order valence-corrected chi connectivity index (χ2v) is 3.54. The highest BCUT2D eigenvalue weighted by Crippen LogP contribution is 2.12. The lowest BCUT2D eigenvalue weighted by Gasteiger charge is -2.08. The second kappa shape index (κ2) is 5.34. The van der Waals surface area contributed by atoms with Crippen LogP contribution in [-0.4, -0.2) is 23.0 Å². The fraction of sp³-hybridized carbons (Fsp3) is 0.455. The summed E-state index contributed by atoms with van der Waals surface area (Å²) in [6, 6.07) is 0.645. The predicted octanol–water partition coefficient (Wildman–Crippen LogP) is 1.44. The summed E-state index contributed by atoms with van der Waals surface area (Å²) in [5, 5.41) is 11.0. The molecule has 1 heterocycles. The zero-order valence-electron chi connectivity index (χ0n) is 9.32. The molecular weight excluding hydrogens is 210 g/mol. The first-order chi connectivity index (χ1) is 7.56. The van der Waals surface area contributed by atoms with Crippen molar-refractivity contribution in [2.24, 2.45) is 0 Å². The average Bonchev–Trinajstić information content (AvgIpc) is 2.66. The number of furan rings is 1. The molecule has 1 aromatic rings. The first-order valence-electron chi connectivity index (χ1n) is 5.16. The number of amides is 1. The van der Waals surface area contributed by atoms with Crippen LogP contribution in [0.15, 0.2) is 16.7 Å². The van der Waals surface area contributed by atoms with Gasteiger partial charge < -0.3 is 14.8 Å². The molecule has 0 aliphatic heterocycles. The maximum Gasteiger partial charge on any atom is 0.325 e. The lowest BCUT2D eigenvalue weighted by Crippen LogP contribution is -2.38. The lowest BCUT2D eigenvalue weighted by atomic mass is 10.1. The van der Waals surface area contributed by atoms with Gasteiger partial charge in [0.15, 0.2) is 0 Å². The van der Waals surface area contributed by atoms with Gasteiger partial charge in [-0.2, -0.15) is 0 Å². The number of carbonyl (C=O) groups is 2. The highest BCUT2D eigenvalue weighted by atomic mass is 16.4. The van der Waals surface area contributed by atoms with Gasteiger partial charge in [0.1, 0.15) is 11.8 Å². The number of rotatable bonds is 5. The lowest BCUT2D eigenvalue weighted by molar-refractivity contribution is -0.138. The van der Waals surface area contributed by atoms with Crippen LogP contribution in [0.4, 0.5) is 0 Å². The summed E-state index contributed by atoms with van der Waals surface area (Å²) in [7, 11) is 0. The summed E-state index contributed by atoms with van der Waals surface area (Å²) in [5.74, 6) is -0.876. The van der Waals surface area contributed by atoms with Crippen molar-refractivity contribution < 1.29 is 19.1 Å². The van der Waals surface area contributed by atoms with E-state index in [1.165, 1.54) is 13.2 Å². The van der Waals surface area contributed by atoms with Crippen LogP contribution in [0.5, 0.6) is 0 Å². The number of nitrogens with one attached hydrogen (secondary N) is 1. The van der Waals surface area contributed by atoms with Crippen LogP contribution < -0.4 is 5.32 Å². The SMILES string of the molecule is CCCc1occc1C(=O)NC(C)C(=O)O. The third-order valence-corrected chi connectivity index (χ3v) is 2.19. The van der Waals surface area contributed by atoms with Gasteiger partial charge in [-0.3, -0.25) is 9.59 Å². The minimum absolute atomic E-state index is 0.410. The Morgan fingerprint density at radius 2 is 2.25 bits per heavy atom. The number of aliphatic carboxylic acids is 1. The smallest absolute Gasteiger partial charge is 0.325 e. The van der Waals surface area contributed by atoms with Crippen LogP contribution in [0.25, 0.3) is 0 Å². The summed E-state index contributed by atoms with van der Waals surface area (Å²) >= 11 is 0. The van der Waals surface area contributed by atoms with Gasteiger partial charge in [0.2, 0.25) is 0 Å². The van der Waals surface area contributed by atoms with Crippen LogP contribution in [-0.2, 0) is 11.2 Å². The van der Waals surface area contributed by atoms with Gasteiger partial charge in [-0.05, 0) is 19.4 Å². The van der Waals surface area contributed by atoms with Crippen molar-refractivity contribution in [2.75, 3.05) is 0 Å². The molecule has 16 heavy (non-hydrogen) atoms. The van der Waals surface area contributed by atoms with Crippen LogP contribution in [0.2, 0.25) is 0 Å². The molecule has 0 aromatic carbocycles. The van der Waals surface area contributed by atoms with Gasteiger partial charge in [-0.15, -0.1) is 0 Å². The van der Waals surface area contributed by atoms with E-state index in [0.717, 1.165) is 6.42 Å². The van der Waals surface area contributed by atoms with E-state index in [2.05, 4.69) is 5.32 Å². The van der Waals surface area contributed by atoms with Crippen molar-refractivity contribution in [1.82, 2.24) is 5.32 Å². The Morgan fingerprint density at radius 3 is 2.81 bits per heavy atom. The second-order valence-electron chi connectivity index (χ2n) is 3.54. The first kappa shape index (κ1) is 12.3. The van der Waals surface area contributed by atoms with Crippen molar-refractivity contribution in [3.63, 3.8) is 0 Å². The average molecular weight is 225 g/mol. The summed E-state index contributed by atoms with van der Waals surface area (Å²) < 4.78 is 5.16. The van der Waals surface area contributed by atoms with Gasteiger partial charge in [0.05, 0.1) is 11.8 Å². The standard InChI is InChI=1S/C11H15NO4/c1-3-4-9-8(5-6-16-9)10(13)12-7(2)11(14)15/h5-7H,3-4H2,1-2H3,(H,12,13)(H,14,15). The zero-order chi connectivity index (χ0) is 12.1. The highest BCUT2D eigenvalue weighted by molar-refractivity contribution is 5.97. The zero-order valence-corrected chi connectivity index (χ0v) is 9.32. The maximum absolute atomic E-state index is 11.7. The fourth-order valence-corrected chi connectivity index (χ4v) is 1.30. The normalized spacial score (nSPS) is 12.1. The van der Waals surface area contributed by atoms with Gasteiger partial charge in [-0.1, -0.05) is 6.92 Å². The molecule has 0 bridgehead atoms. The van der Waals surface area contributed by atoms with E-state index in [9.17, 15) is 9.59 Å². The molecule has 0 saturated carbocycles. The van der Waals surface area contributed by atoms with Crippen molar-refractivity contribution in [2.45, 2.75) is 32.7 Å². The summed E-state index contributed by atoms with van der Waals surface area (Å²) in [6.07, 6.45) is 2.96. The van der Waals surface area contributed by atoms with Crippen LogP contribution in [0.3, 0.4) is 0 Å². The Labute approximate surface area is 93.4 Å². The third-order valence-electron chi connectivity index (χ3n) is 2.19. The Balaban J connectivity index is 2.72. The number of carboxylic acids is 1. The van der Waals surface area contributed by atoms with Crippen molar-refractivity contribution in [1.29, 1.82) is 0 Å². The van der Waals surface area contributed by atoms with E-state index in [1.807, 2.05) is 6.92 Å². The molecule has 5 nitrogen and oxygen atoms in total. The first-order valence-corrected chi connectivity index (χ1v) is 5.16. The van der Waals surface area contributed by atoms with E-state index in [4.69, 9.17) is 9.52 Å².